The lowest BCUT2D eigenvalue weighted by Crippen LogP contribution is -2.51. The van der Waals surface area contributed by atoms with Gasteiger partial charge in [0, 0.05) is 45.4 Å². The highest BCUT2D eigenvalue weighted by Crippen LogP contribution is 2.08. The molecule has 1 heterocycles. The predicted octanol–water partition coefficient (Wildman–Crippen LogP) is -0.243. The third kappa shape index (κ3) is 4.07. The molecule has 1 aliphatic heterocycles. The first-order valence-electron chi connectivity index (χ1n) is 6.00. The summed E-state index contributed by atoms with van der Waals surface area (Å²) >= 11 is 0. The second-order valence-electron chi connectivity index (χ2n) is 4.20. The molecule has 0 aliphatic carbocycles. The number of aliphatic hydroxyl groups excluding tert-OH is 2. The zero-order valence-electron chi connectivity index (χ0n) is 9.73. The average Bonchev–Trinajstić information content (AvgIpc) is 2.29. The molecule has 15 heavy (non-hydrogen) atoms. The Hall–Kier alpha value is -0.160. The zero-order valence-corrected chi connectivity index (χ0v) is 9.73. The van der Waals surface area contributed by atoms with Crippen LogP contribution in [0.15, 0.2) is 0 Å². The first-order chi connectivity index (χ1) is 7.31. The van der Waals surface area contributed by atoms with Crippen molar-refractivity contribution in [2.75, 3.05) is 45.9 Å². The van der Waals surface area contributed by atoms with Gasteiger partial charge in [-0.15, -0.1) is 0 Å². The standard InChI is InChI=1S/C11H24N2O2/c1-2-11(10-15)13-7-5-12(6-8-13)4-3-9-14/h11,14-15H,2-10H2,1H3. The van der Waals surface area contributed by atoms with Crippen molar-refractivity contribution in [2.24, 2.45) is 0 Å². The molecule has 1 fully saturated rings. The minimum absolute atomic E-state index is 0.271. The van der Waals surface area contributed by atoms with Crippen molar-refractivity contribution in [1.82, 2.24) is 9.80 Å². The van der Waals surface area contributed by atoms with Gasteiger partial charge < -0.3 is 15.1 Å². The molecule has 0 saturated carbocycles. The minimum Gasteiger partial charge on any atom is -0.396 e. The van der Waals surface area contributed by atoms with Gasteiger partial charge in [0.05, 0.1) is 6.61 Å². The van der Waals surface area contributed by atoms with Crippen molar-refractivity contribution in [3.05, 3.63) is 0 Å². The molecule has 0 radical (unpaired) electrons. The quantitative estimate of drug-likeness (QED) is 0.643. The molecule has 90 valence electrons. The van der Waals surface area contributed by atoms with Crippen LogP contribution >= 0.6 is 0 Å². The van der Waals surface area contributed by atoms with E-state index in [1.165, 1.54) is 0 Å². The Morgan fingerprint density at radius 2 is 1.80 bits per heavy atom. The summed E-state index contributed by atoms with van der Waals surface area (Å²) in [6.07, 6.45) is 1.89. The maximum absolute atomic E-state index is 9.20. The van der Waals surface area contributed by atoms with Gasteiger partial charge in [-0.25, -0.2) is 0 Å². The summed E-state index contributed by atoms with van der Waals surface area (Å²) in [4.78, 5) is 4.76. The first-order valence-corrected chi connectivity index (χ1v) is 6.00. The van der Waals surface area contributed by atoms with E-state index in [1.807, 2.05) is 0 Å². The SMILES string of the molecule is CCC(CO)N1CCN(CCCO)CC1. The molecule has 0 aromatic carbocycles. The van der Waals surface area contributed by atoms with Crippen LogP contribution < -0.4 is 0 Å². The first kappa shape index (κ1) is 12.9. The maximum atomic E-state index is 9.20. The van der Waals surface area contributed by atoms with E-state index >= 15 is 0 Å². The molecule has 0 spiro atoms. The topological polar surface area (TPSA) is 46.9 Å². The average molecular weight is 216 g/mol. The van der Waals surface area contributed by atoms with E-state index in [0.29, 0.717) is 6.04 Å². The van der Waals surface area contributed by atoms with Crippen molar-refractivity contribution < 1.29 is 10.2 Å². The minimum atomic E-state index is 0.271. The summed E-state index contributed by atoms with van der Waals surface area (Å²) < 4.78 is 0. The van der Waals surface area contributed by atoms with Gasteiger partial charge in [-0.2, -0.15) is 0 Å². The molecule has 0 aromatic heterocycles. The second kappa shape index (κ2) is 7.17. The Labute approximate surface area is 92.5 Å². The molecule has 1 saturated heterocycles. The predicted molar refractivity (Wildman–Crippen MR) is 60.9 cm³/mol. The summed E-state index contributed by atoms with van der Waals surface area (Å²) in [5.74, 6) is 0. The summed E-state index contributed by atoms with van der Waals surface area (Å²) in [5.41, 5.74) is 0. The molecule has 1 aliphatic rings. The lowest BCUT2D eigenvalue weighted by molar-refractivity contribution is 0.0613. The molecule has 0 amide bonds. The number of aliphatic hydroxyl groups is 2. The largest absolute Gasteiger partial charge is 0.396 e. The normalized spacial score (nSPS) is 21.8. The van der Waals surface area contributed by atoms with E-state index in [1.54, 1.807) is 0 Å². The van der Waals surface area contributed by atoms with Gasteiger partial charge in [0.1, 0.15) is 0 Å². The van der Waals surface area contributed by atoms with Gasteiger partial charge in [-0.3, -0.25) is 4.90 Å². The molecule has 1 unspecified atom stereocenters. The van der Waals surface area contributed by atoms with Gasteiger partial charge >= 0.3 is 0 Å². The molecule has 1 atom stereocenters. The Morgan fingerprint density at radius 3 is 2.27 bits per heavy atom. The van der Waals surface area contributed by atoms with Crippen LogP contribution in [0.3, 0.4) is 0 Å². The fraction of sp³-hybridized carbons (Fsp3) is 1.00. The van der Waals surface area contributed by atoms with Crippen molar-refractivity contribution in [2.45, 2.75) is 25.8 Å². The number of hydrogen-bond donors (Lipinski definition) is 2. The highest BCUT2D eigenvalue weighted by molar-refractivity contribution is 4.77. The second-order valence-corrected chi connectivity index (χ2v) is 4.20. The van der Waals surface area contributed by atoms with Gasteiger partial charge in [0.25, 0.3) is 0 Å². The summed E-state index contributed by atoms with van der Waals surface area (Å²) in [5, 5.41) is 17.9. The Balaban J connectivity index is 2.22. The monoisotopic (exact) mass is 216 g/mol. The zero-order chi connectivity index (χ0) is 11.1. The number of hydrogen-bond acceptors (Lipinski definition) is 4. The number of nitrogens with zero attached hydrogens (tertiary/aromatic N) is 2. The molecular formula is C11H24N2O2. The summed E-state index contributed by atoms with van der Waals surface area (Å²) in [7, 11) is 0. The maximum Gasteiger partial charge on any atom is 0.0586 e. The summed E-state index contributed by atoms with van der Waals surface area (Å²) in [6, 6.07) is 0.338. The van der Waals surface area contributed by atoms with E-state index in [9.17, 15) is 5.11 Å². The highest BCUT2D eigenvalue weighted by atomic mass is 16.3. The Bertz CT molecular complexity index is 155. The van der Waals surface area contributed by atoms with Crippen LogP contribution in [0.2, 0.25) is 0 Å². The fourth-order valence-electron chi connectivity index (χ4n) is 2.15. The van der Waals surface area contributed by atoms with Gasteiger partial charge in [0.15, 0.2) is 0 Å². The lowest BCUT2D eigenvalue weighted by atomic mass is 10.1. The van der Waals surface area contributed by atoms with Crippen LogP contribution in [-0.4, -0.2) is 72.0 Å². The summed E-state index contributed by atoms with van der Waals surface area (Å²) in [6.45, 7) is 7.91. The van der Waals surface area contributed by atoms with E-state index in [4.69, 9.17) is 5.11 Å². The van der Waals surface area contributed by atoms with Gasteiger partial charge in [0.2, 0.25) is 0 Å². The van der Waals surface area contributed by atoms with Crippen LogP contribution in [-0.2, 0) is 0 Å². The van der Waals surface area contributed by atoms with Crippen molar-refractivity contribution >= 4 is 0 Å². The van der Waals surface area contributed by atoms with Crippen molar-refractivity contribution in [3.8, 4) is 0 Å². The number of piperazine rings is 1. The van der Waals surface area contributed by atoms with Crippen LogP contribution in [0, 0.1) is 0 Å². The highest BCUT2D eigenvalue weighted by Gasteiger charge is 2.21. The third-order valence-corrected chi connectivity index (χ3v) is 3.24. The third-order valence-electron chi connectivity index (χ3n) is 3.24. The Kier molecular flexibility index (Phi) is 6.17. The molecule has 4 nitrogen and oxygen atoms in total. The molecule has 0 bridgehead atoms. The van der Waals surface area contributed by atoms with Crippen molar-refractivity contribution in [1.29, 1.82) is 0 Å². The van der Waals surface area contributed by atoms with Crippen LogP contribution in [0.4, 0.5) is 0 Å². The lowest BCUT2D eigenvalue weighted by Gasteiger charge is -2.38. The van der Waals surface area contributed by atoms with Crippen LogP contribution in [0.5, 0.6) is 0 Å². The van der Waals surface area contributed by atoms with Crippen LogP contribution in [0.1, 0.15) is 19.8 Å². The van der Waals surface area contributed by atoms with Gasteiger partial charge in [-0.1, -0.05) is 6.92 Å². The van der Waals surface area contributed by atoms with E-state index in [0.717, 1.165) is 45.6 Å². The molecule has 4 heteroatoms. The molecule has 0 aromatic rings. The molecule has 1 rings (SSSR count). The van der Waals surface area contributed by atoms with E-state index in [2.05, 4.69) is 16.7 Å². The number of rotatable bonds is 6. The van der Waals surface area contributed by atoms with E-state index in [-0.39, 0.29) is 13.2 Å². The van der Waals surface area contributed by atoms with Crippen molar-refractivity contribution in [3.63, 3.8) is 0 Å². The Morgan fingerprint density at radius 1 is 1.13 bits per heavy atom. The molecular weight excluding hydrogens is 192 g/mol. The smallest absolute Gasteiger partial charge is 0.0586 e. The van der Waals surface area contributed by atoms with Gasteiger partial charge in [-0.05, 0) is 12.8 Å². The van der Waals surface area contributed by atoms with E-state index < -0.39 is 0 Å². The van der Waals surface area contributed by atoms with Crippen LogP contribution in [0.25, 0.3) is 0 Å². The fourth-order valence-corrected chi connectivity index (χ4v) is 2.15. The molecule has 2 N–H and O–H groups in total.